The van der Waals surface area contributed by atoms with Crippen molar-refractivity contribution in [1.82, 2.24) is 0 Å². The van der Waals surface area contributed by atoms with Gasteiger partial charge in [0.15, 0.2) is 0 Å². The molecule has 0 saturated heterocycles. The van der Waals surface area contributed by atoms with Crippen molar-refractivity contribution in [3.63, 3.8) is 0 Å². The van der Waals surface area contributed by atoms with Crippen molar-refractivity contribution in [1.29, 1.82) is 5.26 Å². The van der Waals surface area contributed by atoms with Crippen molar-refractivity contribution in [2.45, 2.75) is 9.79 Å². The second kappa shape index (κ2) is 6.12. The fourth-order valence-electron chi connectivity index (χ4n) is 1.45. The molecule has 0 atom stereocenters. The zero-order valence-electron chi connectivity index (χ0n) is 9.68. The van der Waals surface area contributed by atoms with Crippen molar-refractivity contribution in [2.24, 2.45) is 0 Å². The summed E-state index contributed by atoms with van der Waals surface area (Å²) < 4.78 is 6.52. The molecule has 0 spiro atoms. The summed E-state index contributed by atoms with van der Waals surface area (Å²) in [6, 6.07) is 15.9. The van der Waals surface area contributed by atoms with E-state index in [1.165, 1.54) is 3.57 Å². The number of hydrogen-bond acceptors (Lipinski definition) is 3. The van der Waals surface area contributed by atoms with Gasteiger partial charge >= 0.3 is 0 Å². The molecule has 2 aromatic rings. The van der Waals surface area contributed by atoms with Crippen molar-refractivity contribution in [3.05, 3.63) is 51.6 Å². The first-order chi connectivity index (χ1) is 8.72. The van der Waals surface area contributed by atoms with Gasteiger partial charge in [0.25, 0.3) is 0 Å². The highest BCUT2D eigenvalue weighted by Crippen LogP contribution is 2.35. The Kier molecular flexibility index (Phi) is 4.50. The van der Waals surface area contributed by atoms with Gasteiger partial charge in [-0.1, -0.05) is 11.8 Å². The standard InChI is InChI=1S/C14H10INOS/c1-17-13-8-10(9-16)2-7-14(13)18-12-5-3-11(15)4-6-12/h2-8H,1H3. The summed E-state index contributed by atoms with van der Waals surface area (Å²) in [5.74, 6) is 0.734. The molecule has 0 bridgehead atoms. The van der Waals surface area contributed by atoms with Crippen LogP contribution in [0, 0.1) is 14.9 Å². The predicted molar refractivity (Wildman–Crippen MR) is 81.0 cm³/mol. The van der Waals surface area contributed by atoms with E-state index in [-0.39, 0.29) is 0 Å². The maximum Gasteiger partial charge on any atom is 0.134 e. The molecule has 0 amide bonds. The Bertz CT molecular complexity index is 590. The summed E-state index contributed by atoms with van der Waals surface area (Å²) in [6.07, 6.45) is 0. The molecule has 18 heavy (non-hydrogen) atoms. The maximum atomic E-state index is 8.86. The van der Waals surface area contributed by atoms with E-state index in [9.17, 15) is 0 Å². The van der Waals surface area contributed by atoms with Crippen LogP contribution in [0.2, 0.25) is 0 Å². The molecular formula is C14H10INOS. The maximum absolute atomic E-state index is 8.86. The highest BCUT2D eigenvalue weighted by molar-refractivity contribution is 14.1. The van der Waals surface area contributed by atoms with Gasteiger partial charge in [-0.3, -0.25) is 0 Å². The topological polar surface area (TPSA) is 33.0 Å². The third-order valence-electron chi connectivity index (χ3n) is 2.33. The molecule has 0 N–H and O–H groups in total. The molecule has 0 unspecified atom stereocenters. The number of rotatable bonds is 3. The van der Waals surface area contributed by atoms with E-state index in [2.05, 4.69) is 52.9 Å². The summed E-state index contributed by atoms with van der Waals surface area (Å²) >= 11 is 3.91. The van der Waals surface area contributed by atoms with Gasteiger partial charge in [0.1, 0.15) is 5.75 Å². The van der Waals surface area contributed by atoms with Gasteiger partial charge in [0, 0.05) is 8.47 Å². The Morgan fingerprint density at radius 3 is 2.50 bits per heavy atom. The average Bonchev–Trinajstić information content (AvgIpc) is 2.41. The number of nitrogens with zero attached hydrogens (tertiary/aromatic N) is 1. The molecule has 2 aromatic carbocycles. The van der Waals surface area contributed by atoms with E-state index in [1.807, 2.05) is 6.07 Å². The van der Waals surface area contributed by atoms with Crippen LogP contribution < -0.4 is 4.74 Å². The van der Waals surface area contributed by atoms with Crippen LogP contribution in [0.15, 0.2) is 52.3 Å². The molecule has 0 heterocycles. The van der Waals surface area contributed by atoms with Crippen LogP contribution in [0.25, 0.3) is 0 Å². The molecule has 0 fully saturated rings. The van der Waals surface area contributed by atoms with E-state index in [0.717, 1.165) is 15.5 Å². The van der Waals surface area contributed by atoms with E-state index >= 15 is 0 Å². The van der Waals surface area contributed by atoms with Gasteiger partial charge in [-0.25, -0.2) is 0 Å². The minimum absolute atomic E-state index is 0.610. The summed E-state index contributed by atoms with van der Waals surface area (Å²) in [5, 5.41) is 8.86. The van der Waals surface area contributed by atoms with Crippen LogP contribution in [0.1, 0.15) is 5.56 Å². The van der Waals surface area contributed by atoms with Crippen molar-refractivity contribution < 1.29 is 4.74 Å². The molecule has 0 saturated carbocycles. The Morgan fingerprint density at radius 1 is 1.17 bits per heavy atom. The lowest BCUT2D eigenvalue weighted by molar-refractivity contribution is 0.404. The van der Waals surface area contributed by atoms with Crippen LogP contribution >= 0.6 is 34.4 Å². The van der Waals surface area contributed by atoms with E-state index in [4.69, 9.17) is 10.00 Å². The van der Waals surface area contributed by atoms with Crippen molar-refractivity contribution >= 4 is 34.4 Å². The third kappa shape index (κ3) is 3.18. The summed E-state index contributed by atoms with van der Waals surface area (Å²) in [4.78, 5) is 2.16. The van der Waals surface area contributed by atoms with E-state index in [0.29, 0.717) is 5.56 Å². The monoisotopic (exact) mass is 367 g/mol. The minimum Gasteiger partial charge on any atom is -0.496 e. The molecule has 2 nitrogen and oxygen atoms in total. The molecule has 4 heteroatoms. The lowest BCUT2D eigenvalue weighted by Crippen LogP contribution is -1.87. The van der Waals surface area contributed by atoms with Gasteiger partial charge in [-0.05, 0) is 65.1 Å². The van der Waals surface area contributed by atoms with Crippen LogP contribution in [-0.4, -0.2) is 7.11 Å². The number of hydrogen-bond donors (Lipinski definition) is 0. The highest BCUT2D eigenvalue weighted by atomic mass is 127. The molecule has 0 aliphatic rings. The van der Waals surface area contributed by atoms with Crippen LogP contribution in [0.3, 0.4) is 0 Å². The van der Waals surface area contributed by atoms with Gasteiger partial charge in [-0.2, -0.15) is 5.26 Å². The van der Waals surface area contributed by atoms with E-state index < -0.39 is 0 Å². The fourth-order valence-corrected chi connectivity index (χ4v) is 2.72. The molecule has 0 aliphatic heterocycles. The van der Waals surface area contributed by atoms with Crippen molar-refractivity contribution in [3.8, 4) is 11.8 Å². The molecule has 0 aromatic heterocycles. The van der Waals surface area contributed by atoms with Crippen LogP contribution in [0.5, 0.6) is 5.75 Å². The third-order valence-corrected chi connectivity index (χ3v) is 4.12. The molecule has 0 aliphatic carbocycles. The number of benzene rings is 2. The summed E-state index contributed by atoms with van der Waals surface area (Å²) in [6.45, 7) is 0. The first-order valence-corrected chi connectivity index (χ1v) is 7.14. The number of halogens is 1. The van der Waals surface area contributed by atoms with Gasteiger partial charge in [0.05, 0.1) is 23.6 Å². The van der Waals surface area contributed by atoms with Crippen molar-refractivity contribution in [2.75, 3.05) is 7.11 Å². The number of methoxy groups -OCH3 is 1. The lowest BCUT2D eigenvalue weighted by Gasteiger charge is -2.08. The zero-order valence-corrected chi connectivity index (χ0v) is 12.7. The number of nitriles is 1. The molecule has 90 valence electrons. The van der Waals surface area contributed by atoms with Gasteiger partial charge < -0.3 is 4.74 Å². The second-order valence-electron chi connectivity index (χ2n) is 3.53. The first-order valence-electron chi connectivity index (χ1n) is 5.24. The Hall–Kier alpha value is -1.19. The molecule has 2 rings (SSSR count). The second-order valence-corrected chi connectivity index (χ2v) is 5.89. The normalized spacial score (nSPS) is 9.83. The molecular weight excluding hydrogens is 357 g/mol. The Labute approximate surface area is 124 Å². The lowest BCUT2D eigenvalue weighted by atomic mass is 10.2. The largest absolute Gasteiger partial charge is 0.496 e. The van der Waals surface area contributed by atoms with Crippen LogP contribution in [-0.2, 0) is 0 Å². The van der Waals surface area contributed by atoms with Crippen LogP contribution in [0.4, 0.5) is 0 Å². The zero-order chi connectivity index (χ0) is 13.0. The fraction of sp³-hybridized carbons (Fsp3) is 0.0714. The van der Waals surface area contributed by atoms with Gasteiger partial charge in [0.2, 0.25) is 0 Å². The minimum atomic E-state index is 0.610. The average molecular weight is 367 g/mol. The molecule has 0 radical (unpaired) electrons. The SMILES string of the molecule is COc1cc(C#N)ccc1Sc1ccc(I)cc1. The summed E-state index contributed by atoms with van der Waals surface area (Å²) in [5.41, 5.74) is 0.610. The van der Waals surface area contributed by atoms with Gasteiger partial charge in [-0.15, -0.1) is 0 Å². The van der Waals surface area contributed by atoms with E-state index in [1.54, 1.807) is 31.0 Å². The predicted octanol–water partition coefficient (Wildman–Crippen LogP) is 4.32. The smallest absolute Gasteiger partial charge is 0.134 e. The first kappa shape index (κ1) is 13.2. The number of ether oxygens (including phenoxy) is 1. The highest BCUT2D eigenvalue weighted by Gasteiger charge is 2.06. The quantitative estimate of drug-likeness (QED) is 0.758. The summed E-state index contributed by atoms with van der Waals surface area (Å²) in [7, 11) is 1.62. The Morgan fingerprint density at radius 2 is 1.89 bits per heavy atom. The Balaban J connectivity index is 2.29.